The van der Waals surface area contributed by atoms with Gasteiger partial charge in [0, 0.05) is 18.3 Å². The Hall–Kier alpha value is -1.56. The molecule has 4 nitrogen and oxygen atoms in total. The predicted molar refractivity (Wildman–Crippen MR) is 77.0 cm³/mol. The molecule has 108 valence electrons. The third-order valence-electron chi connectivity index (χ3n) is 3.22. The third kappa shape index (κ3) is 3.30. The normalized spacial score (nSPS) is 17.8. The van der Waals surface area contributed by atoms with E-state index in [4.69, 9.17) is 0 Å². The molecule has 0 aliphatic carbocycles. The Labute approximate surface area is 121 Å². The predicted octanol–water partition coefficient (Wildman–Crippen LogP) is 2.56. The summed E-state index contributed by atoms with van der Waals surface area (Å²) in [5.74, 6) is -0.456. The number of rotatable bonds is 4. The van der Waals surface area contributed by atoms with Crippen molar-refractivity contribution in [1.29, 1.82) is 0 Å². The minimum Gasteiger partial charge on any atom is -0.336 e. The fraction of sp³-hybridized carbons (Fsp3) is 0.429. The summed E-state index contributed by atoms with van der Waals surface area (Å²) >= 11 is 1.46. The molecule has 0 spiro atoms. The van der Waals surface area contributed by atoms with Gasteiger partial charge in [0.1, 0.15) is 5.82 Å². The molecule has 2 atom stereocenters. The summed E-state index contributed by atoms with van der Waals surface area (Å²) in [6.07, 6.45) is 0. The zero-order chi connectivity index (χ0) is 14.7. The molecule has 20 heavy (non-hydrogen) atoms. The second-order valence-corrected chi connectivity index (χ2v) is 6.38. The van der Waals surface area contributed by atoms with E-state index in [1.54, 1.807) is 19.1 Å². The SMILES string of the molecule is C[C@@H](S[C@H](C)c1ccc(F)cc1)C(=O)N1CCNC1=O. The van der Waals surface area contributed by atoms with Crippen LogP contribution in [0.3, 0.4) is 0 Å². The van der Waals surface area contributed by atoms with Crippen LogP contribution in [0.15, 0.2) is 24.3 Å². The number of carbonyl (C=O) groups is 2. The van der Waals surface area contributed by atoms with Crippen LogP contribution < -0.4 is 5.32 Å². The molecule has 0 saturated carbocycles. The number of thioether (sulfide) groups is 1. The number of amides is 3. The number of urea groups is 1. The Morgan fingerprint density at radius 1 is 1.35 bits per heavy atom. The van der Waals surface area contributed by atoms with Crippen LogP contribution in [0.5, 0.6) is 0 Å². The lowest BCUT2D eigenvalue weighted by Gasteiger charge is -2.20. The van der Waals surface area contributed by atoms with E-state index in [1.807, 2.05) is 6.92 Å². The van der Waals surface area contributed by atoms with Crippen molar-refractivity contribution in [2.24, 2.45) is 0 Å². The zero-order valence-electron chi connectivity index (χ0n) is 11.4. The average molecular weight is 296 g/mol. The van der Waals surface area contributed by atoms with E-state index in [1.165, 1.54) is 28.8 Å². The molecule has 3 amide bonds. The molecule has 6 heteroatoms. The molecule has 1 aromatic rings. The van der Waals surface area contributed by atoms with Gasteiger partial charge in [0.25, 0.3) is 0 Å². The highest BCUT2D eigenvalue weighted by Crippen LogP contribution is 2.32. The lowest BCUT2D eigenvalue weighted by atomic mass is 10.2. The largest absolute Gasteiger partial charge is 0.336 e. The molecule has 1 aromatic carbocycles. The van der Waals surface area contributed by atoms with Crippen molar-refractivity contribution >= 4 is 23.7 Å². The maximum Gasteiger partial charge on any atom is 0.324 e. The van der Waals surface area contributed by atoms with Gasteiger partial charge < -0.3 is 5.32 Å². The molecule has 1 aliphatic heterocycles. The number of nitrogens with zero attached hydrogens (tertiary/aromatic N) is 1. The maximum absolute atomic E-state index is 12.9. The number of halogens is 1. The zero-order valence-corrected chi connectivity index (χ0v) is 12.2. The third-order valence-corrected chi connectivity index (χ3v) is 4.51. The fourth-order valence-corrected chi connectivity index (χ4v) is 3.25. The first-order valence-corrected chi connectivity index (χ1v) is 7.43. The minimum absolute atomic E-state index is 0.0558. The van der Waals surface area contributed by atoms with E-state index in [2.05, 4.69) is 5.32 Å². The lowest BCUT2D eigenvalue weighted by Crippen LogP contribution is -2.39. The molecule has 1 aliphatic rings. The molecule has 2 rings (SSSR count). The van der Waals surface area contributed by atoms with Gasteiger partial charge >= 0.3 is 6.03 Å². The Bertz CT molecular complexity index is 506. The molecule has 1 saturated heterocycles. The summed E-state index contributed by atoms with van der Waals surface area (Å²) in [4.78, 5) is 24.9. The van der Waals surface area contributed by atoms with Crippen molar-refractivity contribution in [3.8, 4) is 0 Å². The molecule has 0 unspecified atom stereocenters. The first-order valence-electron chi connectivity index (χ1n) is 6.49. The van der Waals surface area contributed by atoms with Gasteiger partial charge in [-0.25, -0.2) is 9.18 Å². The first kappa shape index (κ1) is 14.8. The van der Waals surface area contributed by atoms with E-state index in [-0.39, 0.29) is 28.3 Å². The molecule has 1 heterocycles. The highest BCUT2D eigenvalue weighted by molar-refractivity contribution is 8.00. The van der Waals surface area contributed by atoms with Crippen molar-refractivity contribution < 1.29 is 14.0 Å². The van der Waals surface area contributed by atoms with Gasteiger partial charge in [0.2, 0.25) is 5.91 Å². The standard InChI is InChI=1S/C14H17FN2O2S/c1-9(11-3-5-12(15)6-4-11)20-10(2)13(18)17-8-7-16-14(17)19/h3-6,9-10H,7-8H2,1-2H3,(H,16,19)/t9-,10-/m1/s1. The van der Waals surface area contributed by atoms with E-state index in [9.17, 15) is 14.0 Å². The van der Waals surface area contributed by atoms with Crippen LogP contribution in [-0.4, -0.2) is 35.2 Å². The number of hydrogen-bond acceptors (Lipinski definition) is 3. The van der Waals surface area contributed by atoms with E-state index >= 15 is 0 Å². The van der Waals surface area contributed by atoms with E-state index < -0.39 is 0 Å². The minimum atomic E-state index is -0.322. The first-order chi connectivity index (χ1) is 9.49. The summed E-state index contributed by atoms with van der Waals surface area (Å²) in [6.45, 7) is 4.69. The van der Waals surface area contributed by atoms with Gasteiger partial charge in [0.05, 0.1) is 5.25 Å². The van der Waals surface area contributed by atoms with Gasteiger partial charge in [-0.2, -0.15) is 0 Å². The number of nitrogens with one attached hydrogen (secondary N) is 1. The van der Waals surface area contributed by atoms with Crippen molar-refractivity contribution in [1.82, 2.24) is 10.2 Å². The van der Waals surface area contributed by atoms with Crippen molar-refractivity contribution in [2.45, 2.75) is 24.3 Å². The topological polar surface area (TPSA) is 49.4 Å². The van der Waals surface area contributed by atoms with Gasteiger partial charge in [-0.1, -0.05) is 12.1 Å². The van der Waals surface area contributed by atoms with Crippen LogP contribution in [0.4, 0.5) is 9.18 Å². The molecule has 1 N–H and O–H groups in total. The molecular formula is C14H17FN2O2S. The summed E-state index contributed by atoms with van der Waals surface area (Å²) in [6, 6.07) is 5.93. The van der Waals surface area contributed by atoms with Crippen LogP contribution in [-0.2, 0) is 4.79 Å². The van der Waals surface area contributed by atoms with E-state index in [0.29, 0.717) is 13.1 Å². The lowest BCUT2D eigenvalue weighted by molar-refractivity contribution is -0.126. The van der Waals surface area contributed by atoms with Gasteiger partial charge in [-0.3, -0.25) is 9.69 Å². The molecule has 1 fully saturated rings. The van der Waals surface area contributed by atoms with Crippen LogP contribution in [0.2, 0.25) is 0 Å². The molecular weight excluding hydrogens is 279 g/mol. The van der Waals surface area contributed by atoms with Gasteiger partial charge in [-0.05, 0) is 31.5 Å². The van der Waals surface area contributed by atoms with Crippen LogP contribution in [0.25, 0.3) is 0 Å². The molecule has 0 aromatic heterocycles. The summed E-state index contributed by atoms with van der Waals surface area (Å²) in [5.41, 5.74) is 0.960. The maximum atomic E-state index is 12.9. The van der Waals surface area contributed by atoms with Crippen molar-refractivity contribution in [3.63, 3.8) is 0 Å². The summed E-state index contributed by atoms with van der Waals surface area (Å²) < 4.78 is 12.9. The Morgan fingerprint density at radius 2 is 2.00 bits per heavy atom. The number of imide groups is 1. The fourth-order valence-electron chi connectivity index (χ4n) is 2.08. The average Bonchev–Trinajstić information content (AvgIpc) is 2.84. The monoisotopic (exact) mass is 296 g/mol. The van der Waals surface area contributed by atoms with Crippen LogP contribution in [0.1, 0.15) is 24.7 Å². The second-order valence-electron chi connectivity index (χ2n) is 4.69. The molecule has 0 radical (unpaired) electrons. The summed E-state index contributed by atoms with van der Waals surface area (Å²) in [5, 5.41) is 2.35. The van der Waals surface area contributed by atoms with Crippen molar-refractivity contribution in [3.05, 3.63) is 35.6 Å². The summed E-state index contributed by atoms with van der Waals surface area (Å²) in [7, 11) is 0. The van der Waals surface area contributed by atoms with Crippen molar-refractivity contribution in [2.75, 3.05) is 13.1 Å². The quantitative estimate of drug-likeness (QED) is 0.929. The van der Waals surface area contributed by atoms with Crippen LogP contribution in [0, 0.1) is 5.82 Å². The Balaban J connectivity index is 1.96. The smallest absolute Gasteiger partial charge is 0.324 e. The highest BCUT2D eigenvalue weighted by Gasteiger charge is 2.30. The van der Waals surface area contributed by atoms with Gasteiger partial charge in [-0.15, -0.1) is 11.8 Å². The number of benzene rings is 1. The second kappa shape index (κ2) is 6.26. The molecule has 0 bridgehead atoms. The Morgan fingerprint density at radius 3 is 2.55 bits per heavy atom. The highest BCUT2D eigenvalue weighted by atomic mass is 32.2. The number of hydrogen-bond donors (Lipinski definition) is 1. The van der Waals surface area contributed by atoms with E-state index in [0.717, 1.165) is 5.56 Å². The van der Waals surface area contributed by atoms with Crippen LogP contribution >= 0.6 is 11.8 Å². The Kier molecular flexibility index (Phi) is 4.65. The van der Waals surface area contributed by atoms with Gasteiger partial charge in [0.15, 0.2) is 0 Å². The number of carbonyl (C=O) groups excluding carboxylic acids is 2.